The van der Waals surface area contributed by atoms with Gasteiger partial charge < -0.3 is 9.80 Å². The molecule has 0 N–H and O–H groups in total. The third-order valence-electron chi connectivity index (χ3n) is 7.04. The van der Waals surface area contributed by atoms with Crippen LogP contribution in [0.3, 0.4) is 0 Å². The topological polar surface area (TPSA) is 23.6 Å². The van der Waals surface area contributed by atoms with Gasteiger partial charge in [-0.2, -0.15) is 0 Å². The zero-order valence-corrected chi connectivity index (χ0v) is 19.6. The van der Waals surface area contributed by atoms with Gasteiger partial charge in [0.05, 0.1) is 0 Å². The second-order valence-corrected chi connectivity index (χ2v) is 9.74. The van der Waals surface area contributed by atoms with Crippen molar-refractivity contribution >= 4 is 49.4 Å². The fraction of sp³-hybridized carbons (Fsp3) is 0.250. The summed E-state index contributed by atoms with van der Waals surface area (Å²) in [5.41, 5.74) is 7.07. The van der Waals surface area contributed by atoms with Crippen molar-refractivity contribution in [3.63, 3.8) is 0 Å². The molecule has 6 rings (SSSR count). The number of piperazine rings is 1. The highest BCUT2D eigenvalue weighted by Crippen LogP contribution is 2.42. The fourth-order valence-corrected chi connectivity index (χ4v) is 6.08. The monoisotopic (exact) mass is 484 g/mol. The molecule has 0 bridgehead atoms. The van der Waals surface area contributed by atoms with E-state index in [0.29, 0.717) is 6.42 Å². The molecule has 0 amide bonds. The van der Waals surface area contributed by atoms with Crippen LogP contribution >= 0.6 is 15.9 Å². The molecule has 3 aliphatic rings. The average Bonchev–Trinajstić information content (AvgIpc) is 2.84. The standard InChI is InChI=1S/C28H25BrN2O/c29-25-18-22(31-14-12-30(13-15-31)21-7-2-1-3-8-21)16-20-10-11-24-23-9-5-4-6-19(23)17-26(32)28(24)27(20)25/h1-3,5,7-11,16,18H,4,6,12-15,17H2. The van der Waals surface area contributed by atoms with Crippen molar-refractivity contribution in [1.82, 2.24) is 0 Å². The Morgan fingerprint density at radius 1 is 0.844 bits per heavy atom. The number of rotatable bonds is 2. The highest BCUT2D eigenvalue weighted by molar-refractivity contribution is 9.10. The van der Waals surface area contributed by atoms with Crippen LogP contribution in [0.25, 0.3) is 16.3 Å². The largest absolute Gasteiger partial charge is 0.368 e. The number of para-hydroxylation sites is 1. The van der Waals surface area contributed by atoms with Crippen molar-refractivity contribution in [3.05, 3.63) is 87.9 Å². The zero-order chi connectivity index (χ0) is 21.7. The molecule has 0 spiro atoms. The Hall–Kier alpha value is -2.85. The highest BCUT2D eigenvalue weighted by Gasteiger charge is 2.28. The van der Waals surface area contributed by atoms with Crippen LogP contribution in [0, 0.1) is 0 Å². The van der Waals surface area contributed by atoms with E-state index in [1.165, 1.54) is 22.5 Å². The van der Waals surface area contributed by atoms with Crippen molar-refractivity contribution in [2.75, 3.05) is 36.0 Å². The molecule has 3 aromatic rings. The van der Waals surface area contributed by atoms with Crippen LogP contribution in [-0.2, 0) is 0 Å². The number of carbonyl (C=O) groups is 1. The molecule has 1 aliphatic heterocycles. The predicted octanol–water partition coefficient (Wildman–Crippen LogP) is 6.62. The third-order valence-corrected chi connectivity index (χ3v) is 7.67. The van der Waals surface area contributed by atoms with Crippen molar-refractivity contribution in [1.29, 1.82) is 0 Å². The molecular weight excluding hydrogens is 460 g/mol. The molecule has 160 valence electrons. The van der Waals surface area contributed by atoms with E-state index in [9.17, 15) is 4.79 Å². The molecule has 0 atom stereocenters. The van der Waals surface area contributed by atoms with Crippen LogP contribution in [-0.4, -0.2) is 32.0 Å². The molecule has 1 heterocycles. The van der Waals surface area contributed by atoms with Gasteiger partial charge in [-0.1, -0.05) is 64.0 Å². The van der Waals surface area contributed by atoms with Gasteiger partial charge in [0, 0.05) is 59.4 Å². The Labute approximate surface area is 197 Å². The van der Waals surface area contributed by atoms with Crippen molar-refractivity contribution < 1.29 is 4.79 Å². The summed E-state index contributed by atoms with van der Waals surface area (Å²) in [5, 5.41) is 2.19. The molecule has 3 aromatic carbocycles. The van der Waals surface area contributed by atoms with E-state index in [1.807, 2.05) is 0 Å². The van der Waals surface area contributed by atoms with Gasteiger partial charge in [-0.25, -0.2) is 0 Å². The summed E-state index contributed by atoms with van der Waals surface area (Å²) in [7, 11) is 0. The molecule has 2 aliphatic carbocycles. The maximum absolute atomic E-state index is 13.2. The lowest BCUT2D eigenvalue weighted by molar-refractivity contribution is 0.0991. The predicted molar refractivity (Wildman–Crippen MR) is 137 cm³/mol. The van der Waals surface area contributed by atoms with Crippen LogP contribution < -0.4 is 9.80 Å². The number of hydrogen-bond acceptors (Lipinski definition) is 3. The maximum atomic E-state index is 13.2. The Morgan fingerprint density at radius 2 is 1.59 bits per heavy atom. The van der Waals surface area contributed by atoms with E-state index in [-0.39, 0.29) is 5.78 Å². The summed E-state index contributed by atoms with van der Waals surface area (Å²) in [5.74, 6) is 0.254. The van der Waals surface area contributed by atoms with E-state index in [2.05, 4.69) is 92.5 Å². The second kappa shape index (κ2) is 7.93. The van der Waals surface area contributed by atoms with E-state index in [4.69, 9.17) is 0 Å². The number of Topliss-reactive ketones (excluding diaryl/α,β-unsaturated/α-hetero) is 1. The Kier molecular flexibility index (Phi) is 4.91. The van der Waals surface area contributed by atoms with E-state index >= 15 is 0 Å². The molecule has 4 heteroatoms. The van der Waals surface area contributed by atoms with Gasteiger partial charge in [-0.3, -0.25) is 4.79 Å². The summed E-state index contributed by atoms with van der Waals surface area (Å²) in [6.45, 7) is 3.98. The zero-order valence-electron chi connectivity index (χ0n) is 18.0. The Balaban J connectivity index is 1.34. The van der Waals surface area contributed by atoms with E-state index in [1.54, 1.807) is 0 Å². The van der Waals surface area contributed by atoms with Gasteiger partial charge in [0.25, 0.3) is 0 Å². The lowest BCUT2D eigenvalue weighted by Gasteiger charge is -2.37. The van der Waals surface area contributed by atoms with Crippen LogP contribution in [0.2, 0.25) is 0 Å². The van der Waals surface area contributed by atoms with Crippen LogP contribution in [0.4, 0.5) is 11.4 Å². The number of nitrogens with zero attached hydrogens (tertiary/aromatic N) is 2. The van der Waals surface area contributed by atoms with Gasteiger partial charge in [0.1, 0.15) is 0 Å². The summed E-state index contributed by atoms with van der Waals surface area (Å²) in [6, 6.07) is 19.4. The van der Waals surface area contributed by atoms with Crippen molar-refractivity contribution in [2.45, 2.75) is 19.3 Å². The number of allylic oxidation sites excluding steroid dienone is 4. The molecule has 0 aromatic heterocycles. The number of carbonyl (C=O) groups excluding carboxylic acids is 1. The molecule has 1 saturated heterocycles. The molecule has 1 fully saturated rings. The summed E-state index contributed by atoms with van der Waals surface area (Å²) in [6.07, 6.45) is 7.05. The Bertz CT molecular complexity index is 1280. The molecule has 0 unspecified atom stereocenters. The molecular formula is C28H25BrN2O. The second-order valence-electron chi connectivity index (χ2n) is 8.88. The molecule has 32 heavy (non-hydrogen) atoms. The number of hydrogen-bond donors (Lipinski definition) is 0. The van der Waals surface area contributed by atoms with Gasteiger partial charge in [0.15, 0.2) is 5.78 Å². The van der Waals surface area contributed by atoms with Gasteiger partial charge in [0.2, 0.25) is 0 Å². The lowest BCUT2D eigenvalue weighted by atomic mass is 9.79. The first kappa shape index (κ1) is 19.8. The fourth-order valence-electron chi connectivity index (χ4n) is 5.41. The normalized spacial score (nSPS) is 18.2. The van der Waals surface area contributed by atoms with E-state index in [0.717, 1.165) is 65.4 Å². The minimum atomic E-state index is 0.254. The Morgan fingerprint density at radius 3 is 2.38 bits per heavy atom. The molecule has 0 saturated carbocycles. The smallest absolute Gasteiger partial charge is 0.168 e. The quantitative estimate of drug-likeness (QED) is 0.408. The van der Waals surface area contributed by atoms with Gasteiger partial charge >= 0.3 is 0 Å². The molecule has 0 radical (unpaired) electrons. The number of fused-ring (bicyclic) bond motifs is 4. The summed E-state index contributed by atoms with van der Waals surface area (Å²) < 4.78 is 1.02. The first-order valence-electron chi connectivity index (χ1n) is 11.4. The minimum absolute atomic E-state index is 0.254. The molecule has 3 nitrogen and oxygen atoms in total. The van der Waals surface area contributed by atoms with Gasteiger partial charge in [-0.05, 0) is 53.6 Å². The SMILES string of the molecule is O=C1CC2=C(C=CCC2)c2ccc3cc(N4CCN(c5ccccc5)CC4)cc(Br)c3c21. The van der Waals surface area contributed by atoms with Crippen LogP contribution in [0.1, 0.15) is 35.2 Å². The number of ketones is 1. The minimum Gasteiger partial charge on any atom is -0.368 e. The average molecular weight is 485 g/mol. The van der Waals surface area contributed by atoms with Crippen LogP contribution in [0.15, 0.2) is 76.8 Å². The van der Waals surface area contributed by atoms with E-state index < -0.39 is 0 Å². The number of anilines is 2. The lowest BCUT2D eigenvalue weighted by Crippen LogP contribution is -2.46. The van der Waals surface area contributed by atoms with Crippen molar-refractivity contribution in [3.8, 4) is 0 Å². The number of halogens is 1. The first-order chi connectivity index (χ1) is 15.7. The van der Waals surface area contributed by atoms with Crippen molar-refractivity contribution in [2.24, 2.45) is 0 Å². The highest BCUT2D eigenvalue weighted by atomic mass is 79.9. The van der Waals surface area contributed by atoms with Crippen LogP contribution in [0.5, 0.6) is 0 Å². The van der Waals surface area contributed by atoms with Gasteiger partial charge in [-0.15, -0.1) is 0 Å². The third kappa shape index (κ3) is 3.29. The maximum Gasteiger partial charge on any atom is 0.168 e. The summed E-state index contributed by atoms with van der Waals surface area (Å²) in [4.78, 5) is 18.1. The first-order valence-corrected chi connectivity index (χ1v) is 12.2. The number of benzene rings is 3. The summed E-state index contributed by atoms with van der Waals surface area (Å²) >= 11 is 3.83.